The Kier molecular flexibility index (Phi) is 4.10. The van der Waals surface area contributed by atoms with Crippen LogP contribution in [0.25, 0.3) is 0 Å². The van der Waals surface area contributed by atoms with Gasteiger partial charge in [0.25, 0.3) is 0 Å². The molecule has 0 spiro atoms. The lowest BCUT2D eigenvalue weighted by Crippen LogP contribution is -2.49. The van der Waals surface area contributed by atoms with Crippen molar-refractivity contribution < 1.29 is 23.1 Å². The number of anilines is 1. The lowest BCUT2D eigenvalue weighted by molar-refractivity contribution is -0.154. The van der Waals surface area contributed by atoms with Crippen LogP contribution in [0, 0.1) is 0 Å². The molecule has 1 aliphatic rings. The van der Waals surface area contributed by atoms with Crippen molar-refractivity contribution in [1.29, 1.82) is 0 Å². The van der Waals surface area contributed by atoms with Gasteiger partial charge in [-0.25, -0.2) is 4.79 Å². The molecule has 1 aromatic rings. The zero-order valence-corrected chi connectivity index (χ0v) is 11.0. The van der Waals surface area contributed by atoms with E-state index in [-0.39, 0.29) is 5.92 Å². The highest BCUT2D eigenvalue weighted by Crippen LogP contribution is 2.34. The number of alkyl halides is 3. The van der Waals surface area contributed by atoms with Crippen LogP contribution in [0.1, 0.15) is 11.5 Å². The highest BCUT2D eigenvalue weighted by atomic mass is 35.5. The number of amides is 1. The van der Waals surface area contributed by atoms with E-state index in [2.05, 4.69) is 5.32 Å². The van der Waals surface area contributed by atoms with Crippen LogP contribution in [0.3, 0.4) is 0 Å². The van der Waals surface area contributed by atoms with Crippen molar-refractivity contribution in [2.45, 2.75) is 12.1 Å². The number of nitrogens with zero attached hydrogens (tertiary/aromatic N) is 1. The highest BCUT2D eigenvalue weighted by molar-refractivity contribution is 6.31. The van der Waals surface area contributed by atoms with Gasteiger partial charge in [-0.05, 0) is 17.7 Å². The van der Waals surface area contributed by atoms with Gasteiger partial charge in [-0.3, -0.25) is 10.2 Å². The molecule has 0 unspecified atom stereocenters. The summed E-state index contributed by atoms with van der Waals surface area (Å²) in [4.78, 5) is 11.8. The largest absolute Gasteiger partial charge is 0.465 e. The van der Waals surface area contributed by atoms with Gasteiger partial charge < -0.3 is 5.11 Å². The van der Waals surface area contributed by atoms with Gasteiger partial charge in [-0.15, -0.1) is 0 Å². The van der Waals surface area contributed by atoms with E-state index in [0.29, 0.717) is 23.8 Å². The minimum atomic E-state index is -4.19. The van der Waals surface area contributed by atoms with Crippen LogP contribution in [0.4, 0.5) is 23.7 Å². The summed E-state index contributed by atoms with van der Waals surface area (Å²) in [7, 11) is 0. The van der Waals surface area contributed by atoms with E-state index in [1.54, 1.807) is 12.1 Å². The highest BCUT2D eigenvalue weighted by Gasteiger charge is 2.38. The number of benzene rings is 1. The number of carbonyl (C=O) groups is 1. The maximum Gasteiger partial charge on any atom is 0.409 e. The minimum Gasteiger partial charge on any atom is -0.465 e. The Bertz CT molecular complexity index is 516. The van der Waals surface area contributed by atoms with E-state index < -0.39 is 18.8 Å². The third-order valence-corrected chi connectivity index (χ3v) is 3.38. The maximum atomic E-state index is 12.2. The Morgan fingerprint density at radius 1 is 1.45 bits per heavy atom. The van der Waals surface area contributed by atoms with Crippen LogP contribution in [-0.2, 0) is 0 Å². The molecular formula is C12H12ClF3N2O2. The molecule has 1 amide bonds. The number of nitrogens with one attached hydrogen (secondary N) is 1. The zero-order valence-electron chi connectivity index (χ0n) is 10.2. The summed E-state index contributed by atoms with van der Waals surface area (Å²) in [6.45, 7) is -0.324. The standard InChI is InChI=1S/C12H12ClF3N2O2/c13-10-3-8(17-11(19)20)1-2-9(10)7-4-18(5-7)6-12(14,15)16/h1-3,7,17H,4-6H2,(H,19,20). The van der Waals surface area contributed by atoms with Crippen LogP contribution < -0.4 is 5.32 Å². The first-order valence-electron chi connectivity index (χ1n) is 5.83. The van der Waals surface area contributed by atoms with Gasteiger partial charge in [0, 0.05) is 29.7 Å². The third kappa shape index (κ3) is 3.77. The summed E-state index contributed by atoms with van der Waals surface area (Å²) >= 11 is 6.03. The molecule has 0 radical (unpaired) electrons. The second kappa shape index (κ2) is 5.49. The van der Waals surface area contributed by atoms with Gasteiger partial charge in [0.2, 0.25) is 0 Å². The average molecular weight is 309 g/mol. The fraction of sp³-hybridized carbons (Fsp3) is 0.417. The van der Waals surface area contributed by atoms with Crippen molar-refractivity contribution >= 4 is 23.4 Å². The molecule has 1 fully saturated rings. The number of rotatable bonds is 3. The molecule has 0 bridgehead atoms. The lowest BCUT2D eigenvalue weighted by Gasteiger charge is -2.40. The molecule has 1 saturated heterocycles. The molecule has 1 aromatic carbocycles. The van der Waals surface area contributed by atoms with Crippen molar-refractivity contribution in [1.82, 2.24) is 4.90 Å². The monoisotopic (exact) mass is 308 g/mol. The quantitative estimate of drug-likeness (QED) is 0.900. The molecule has 20 heavy (non-hydrogen) atoms. The van der Waals surface area contributed by atoms with Crippen molar-refractivity contribution in [2.24, 2.45) is 0 Å². The Labute approximate surface area is 118 Å². The van der Waals surface area contributed by atoms with E-state index in [4.69, 9.17) is 16.7 Å². The van der Waals surface area contributed by atoms with Crippen LogP contribution in [0.5, 0.6) is 0 Å². The normalized spacial score (nSPS) is 16.8. The SMILES string of the molecule is O=C(O)Nc1ccc(C2CN(CC(F)(F)F)C2)c(Cl)c1. The molecule has 2 rings (SSSR count). The van der Waals surface area contributed by atoms with Crippen molar-refractivity contribution in [2.75, 3.05) is 25.0 Å². The van der Waals surface area contributed by atoms with Crippen molar-refractivity contribution in [3.63, 3.8) is 0 Å². The number of halogens is 4. The topological polar surface area (TPSA) is 52.6 Å². The molecule has 8 heteroatoms. The van der Waals surface area contributed by atoms with Crippen molar-refractivity contribution in [3.8, 4) is 0 Å². The molecule has 4 nitrogen and oxygen atoms in total. The second-order valence-electron chi connectivity index (χ2n) is 4.67. The molecule has 0 saturated carbocycles. The van der Waals surface area contributed by atoms with Gasteiger partial charge in [0.15, 0.2) is 0 Å². The predicted octanol–water partition coefficient (Wildman–Crippen LogP) is 3.39. The first kappa shape index (κ1) is 14.9. The molecule has 2 N–H and O–H groups in total. The van der Waals surface area contributed by atoms with Gasteiger partial charge in [0.1, 0.15) is 0 Å². The molecule has 0 atom stereocenters. The number of hydrogen-bond acceptors (Lipinski definition) is 2. The Morgan fingerprint density at radius 3 is 2.60 bits per heavy atom. The Balaban J connectivity index is 1.97. The number of carboxylic acid groups (broad SMARTS) is 1. The van der Waals surface area contributed by atoms with Crippen LogP contribution >= 0.6 is 11.6 Å². The molecule has 1 heterocycles. The third-order valence-electron chi connectivity index (χ3n) is 3.05. The van der Waals surface area contributed by atoms with Crippen molar-refractivity contribution in [3.05, 3.63) is 28.8 Å². The number of likely N-dealkylation sites (tertiary alicyclic amines) is 1. The Hall–Kier alpha value is -1.47. The molecular weight excluding hydrogens is 297 g/mol. The zero-order chi connectivity index (χ0) is 14.9. The summed E-state index contributed by atoms with van der Waals surface area (Å²) in [6, 6.07) is 4.64. The summed E-state index contributed by atoms with van der Waals surface area (Å²) in [6.07, 6.45) is -5.39. The van der Waals surface area contributed by atoms with E-state index in [9.17, 15) is 18.0 Å². The summed E-state index contributed by atoms with van der Waals surface area (Å²) in [5, 5.41) is 11.1. The van der Waals surface area contributed by atoms with Crippen LogP contribution in [-0.4, -0.2) is 41.9 Å². The van der Waals surface area contributed by atoms with Crippen LogP contribution in [0.15, 0.2) is 18.2 Å². The number of hydrogen-bond donors (Lipinski definition) is 2. The first-order valence-corrected chi connectivity index (χ1v) is 6.21. The van der Waals surface area contributed by atoms with Gasteiger partial charge >= 0.3 is 12.3 Å². The van der Waals surface area contributed by atoms with E-state index >= 15 is 0 Å². The first-order chi connectivity index (χ1) is 9.24. The lowest BCUT2D eigenvalue weighted by atomic mass is 9.91. The predicted molar refractivity (Wildman–Crippen MR) is 68.3 cm³/mol. The maximum absolute atomic E-state index is 12.2. The van der Waals surface area contributed by atoms with Crippen LogP contribution in [0.2, 0.25) is 5.02 Å². The van der Waals surface area contributed by atoms with E-state index in [1.807, 2.05) is 0 Å². The van der Waals surface area contributed by atoms with Gasteiger partial charge in [-0.1, -0.05) is 17.7 Å². The molecule has 1 aliphatic heterocycles. The Morgan fingerprint density at radius 2 is 2.10 bits per heavy atom. The minimum absolute atomic E-state index is 0.0521. The molecule has 0 aromatic heterocycles. The fourth-order valence-corrected chi connectivity index (χ4v) is 2.54. The molecule has 0 aliphatic carbocycles. The summed E-state index contributed by atoms with van der Waals surface area (Å²) in [5.41, 5.74) is 1.07. The fourth-order valence-electron chi connectivity index (χ4n) is 2.21. The smallest absolute Gasteiger partial charge is 0.409 e. The average Bonchev–Trinajstić information content (AvgIpc) is 2.22. The molecule has 110 valence electrons. The van der Waals surface area contributed by atoms with Gasteiger partial charge in [0.05, 0.1) is 6.54 Å². The van der Waals surface area contributed by atoms with Gasteiger partial charge in [-0.2, -0.15) is 13.2 Å². The van der Waals surface area contributed by atoms with E-state index in [0.717, 1.165) is 5.56 Å². The summed E-state index contributed by atoms with van der Waals surface area (Å²) in [5.74, 6) is -0.0521. The second-order valence-corrected chi connectivity index (χ2v) is 5.08. The summed E-state index contributed by atoms with van der Waals surface area (Å²) < 4.78 is 36.5. The van der Waals surface area contributed by atoms with E-state index in [1.165, 1.54) is 11.0 Å².